The number of ether oxygens (including phenoxy) is 1. The van der Waals surface area contributed by atoms with E-state index in [-0.39, 0.29) is 17.8 Å². The van der Waals surface area contributed by atoms with Crippen molar-refractivity contribution in [2.75, 3.05) is 20.3 Å². The van der Waals surface area contributed by atoms with Crippen molar-refractivity contribution in [2.24, 2.45) is 0 Å². The third kappa shape index (κ3) is 3.61. The summed E-state index contributed by atoms with van der Waals surface area (Å²) in [6.07, 6.45) is 0. The molecule has 1 N–H and O–H groups in total. The van der Waals surface area contributed by atoms with Crippen LogP contribution in [0.2, 0.25) is 5.02 Å². The SMILES string of the molecule is CCN(C(C)COC)C(C)c1cc(Cl)ccc1O. The zero-order chi connectivity index (χ0) is 13.7. The minimum Gasteiger partial charge on any atom is -0.508 e. The summed E-state index contributed by atoms with van der Waals surface area (Å²) in [5.41, 5.74) is 0.854. The maximum Gasteiger partial charge on any atom is 0.120 e. The van der Waals surface area contributed by atoms with Gasteiger partial charge in [0, 0.05) is 29.8 Å². The van der Waals surface area contributed by atoms with Gasteiger partial charge in [-0.25, -0.2) is 0 Å². The second-order valence-electron chi connectivity index (χ2n) is 4.51. The predicted molar refractivity (Wildman–Crippen MR) is 75.2 cm³/mol. The Labute approximate surface area is 114 Å². The molecule has 0 fully saturated rings. The quantitative estimate of drug-likeness (QED) is 0.860. The van der Waals surface area contributed by atoms with E-state index in [9.17, 15) is 5.11 Å². The standard InChI is InChI=1S/C14H22ClNO2/c1-5-16(10(2)9-18-4)11(3)13-8-12(15)6-7-14(13)17/h6-8,10-11,17H,5,9H2,1-4H3. The summed E-state index contributed by atoms with van der Waals surface area (Å²) in [6, 6.07) is 5.54. The van der Waals surface area contributed by atoms with Crippen LogP contribution in [-0.4, -0.2) is 36.3 Å². The molecule has 0 bridgehead atoms. The Balaban J connectivity index is 2.95. The summed E-state index contributed by atoms with van der Waals surface area (Å²) >= 11 is 6.00. The van der Waals surface area contributed by atoms with Gasteiger partial charge in [-0.05, 0) is 38.6 Å². The molecule has 0 spiro atoms. The third-order valence-corrected chi connectivity index (χ3v) is 3.51. The first-order valence-corrected chi connectivity index (χ1v) is 6.62. The minimum atomic E-state index is 0.0962. The van der Waals surface area contributed by atoms with Crippen molar-refractivity contribution < 1.29 is 9.84 Å². The Morgan fingerprint density at radius 2 is 2.06 bits per heavy atom. The summed E-state index contributed by atoms with van der Waals surface area (Å²) in [5.74, 6) is 0.287. The van der Waals surface area contributed by atoms with Crippen LogP contribution in [0.25, 0.3) is 0 Å². The van der Waals surface area contributed by atoms with Gasteiger partial charge in [-0.1, -0.05) is 18.5 Å². The lowest BCUT2D eigenvalue weighted by Gasteiger charge is -2.33. The van der Waals surface area contributed by atoms with Crippen molar-refractivity contribution in [3.05, 3.63) is 28.8 Å². The molecular formula is C14H22ClNO2. The monoisotopic (exact) mass is 271 g/mol. The molecule has 0 aliphatic rings. The highest BCUT2D eigenvalue weighted by atomic mass is 35.5. The number of rotatable bonds is 6. The summed E-state index contributed by atoms with van der Waals surface area (Å²) < 4.78 is 5.20. The maximum atomic E-state index is 9.94. The van der Waals surface area contributed by atoms with Gasteiger partial charge >= 0.3 is 0 Å². The number of nitrogens with zero attached hydrogens (tertiary/aromatic N) is 1. The van der Waals surface area contributed by atoms with Gasteiger partial charge < -0.3 is 9.84 Å². The Bertz CT molecular complexity index is 384. The highest BCUT2D eigenvalue weighted by Crippen LogP contribution is 2.31. The third-order valence-electron chi connectivity index (χ3n) is 3.28. The van der Waals surface area contributed by atoms with Crippen LogP contribution in [0.4, 0.5) is 0 Å². The molecule has 102 valence electrons. The van der Waals surface area contributed by atoms with Crippen molar-refractivity contribution in [1.29, 1.82) is 0 Å². The van der Waals surface area contributed by atoms with Gasteiger partial charge in [-0.2, -0.15) is 0 Å². The number of methoxy groups -OCH3 is 1. The zero-order valence-electron chi connectivity index (χ0n) is 11.5. The molecule has 0 aliphatic carbocycles. The minimum absolute atomic E-state index is 0.0962. The van der Waals surface area contributed by atoms with E-state index in [1.807, 2.05) is 6.07 Å². The van der Waals surface area contributed by atoms with Gasteiger partial charge in [0.1, 0.15) is 5.75 Å². The van der Waals surface area contributed by atoms with Crippen LogP contribution in [0.1, 0.15) is 32.4 Å². The zero-order valence-corrected chi connectivity index (χ0v) is 12.2. The molecule has 0 heterocycles. The van der Waals surface area contributed by atoms with Crippen LogP contribution < -0.4 is 0 Å². The Kier molecular flexibility index (Phi) is 5.93. The van der Waals surface area contributed by atoms with Crippen LogP contribution in [0.15, 0.2) is 18.2 Å². The lowest BCUT2D eigenvalue weighted by atomic mass is 10.0. The van der Waals surface area contributed by atoms with E-state index >= 15 is 0 Å². The summed E-state index contributed by atoms with van der Waals surface area (Å²) in [5, 5.41) is 10.6. The largest absolute Gasteiger partial charge is 0.508 e. The van der Waals surface area contributed by atoms with Crippen molar-refractivity contribution in [3.63, 3.8) is 0 Å². The van der Waals surface area contributed by atoms with Gasteiger partial charge in [0.2, 0.25) is 0 Å². The van der Waals surface area contributed by atoms with Crippen LogP contribution in [-0.2, 0) is 4.74 Å². The molecule has 2 atom stereocenters. The van der Waals surface area contributed by atoms with Crippen LogP contribution in [0.5, 0.6) is 5.75 Å². The molecule has 4 heteroatoms. The fourth-order valence-corrected chi connectivity index (χ4v) is 2.52. The average Bonchev–Trinajstić information content (AvgIpc) is 2.33. The topological polar surface area (TPSA) is 32.7 Å². The number of phenolic OH excluding ortho intramolecular Hbond substituents is 1. The molecule has 0 aliphatic heterocycles. The van der Waals surface area contributed by atoms with Gasteiger partial charge in [0.05, 0.1) is 6.61 Å². The molecule has 0 saturated carbocycles. The lowest BCUT2D eigenvalue weighted by molar-refractivity contribution is 0.0775. The van der Waals surface area contributed by atoms with Gasteiger partial charge in [0.25, 0.3) is 0 Å². The van der Waals surface area contributed by atoms with Crippen molar-refractivity contribution in [3.8, 4) is 5.75 Å². The number of aromatic hydroxyl groups is 1. The number of likely N-dealkylation sites (N-methyl/N-ethyl adjacent to an activating group) is 1. The molecule has 0 radical (unpaired) electrons. The first-order chi connectivity index (χ1) is 8.51. The first kappa shape index (κ1) is 15.3. The van der Waals surface area contributed by atoms with E-state index in [1.54, 1.807) is 19.2 Å². The van der Waals surface area contributed by atoms with Crippen LogP contribution in [0, 0.1) is 0 Å². The number of hydrogen-bond acceptors (Lipinski definition) is 3. The molecule has 3 nitrogen and oxygen atoms in total. The molecule has 0 saturated heterocycles. The number of hydrogen-bond donors (Lipinski definition) is 1. The van der Waals surface area contributed by atoms with E-state index in [4.69, 9.17) is 16.3 Å². The molecule has 0 amide bonds. The maximum absolute atomic E-state index is 9.94. The number of benzene rings is 1. The summed E-state index contributed by atoms with van der Waals surface area (Å²) in [6.45, 7) is 7.84. The molecule has 1 rings (SSSR count). The Morgan fingerprint density at radius 1 is 1.39 bits per heavy atom. The van der Waals surface area contributed by atoms with E-state index in [2.05, 4.69) is 25.7 Å². The van der Waals surface area contributed by atoms with Crippen LogP contribution >= 0.6 is 11.6 Å². The number of phenols is 1. The van der Waals surface area contributed by atoms with Gasteiger partial charge in [-0.3, -0.25) is 4.90 Å². The van der Waals surface area contributed by atoms with Crippen molar-refractivity contribution >= 4 is 11.6 Å². The summed E-state index contributed by atoms with van der Waals surface area (Å²) in [4.78, 5) is 2.27. The molecule has 0 aromatic heterocycles. The highest BCUT2D eigenvalue weighted by Gasteiger charge is 2.22. The predicted octanol–water partition coefficient (Wildman–Crippen LogP) is 3.46. The van der Waals surface area contributed by atoms with E-state index in [0.29, 0.717) is 11.6 Å². The Hall–Kier alpha value is -0.770. The lowest BCUT2D eigenvalue weighted by Crippen LogP contribution is -2.38. The fourth-order valence-electron chi connectivity index (χ4n) is 2.34. The normalized spacial score (nSPS) is 14.8. The molecule has 1 aromatic carbocycles. The number of halogens is 1. The van der Waals surface area contributed by atoms with E-state index in [1.165, 1.54) is 0 Å². The highest BCUT2D eigenvalue weighted by molar-refractivity contribution is 6.30. The molecule has 18 heavy (non-hydrogen) atoms. The van der Waals surface area contributed by atoms with Gasteiger partial charge in [0.15, 0.2) is 0 Å². The van der Waals surface area contributed by atoms with Crippen LogP contribution in [0.3, 0.4) is 0 Å². The second kappa shape index (κ2) is 6.98. The van der Waals surface area contributed by atoms with Gasteiger partial charge in [-0.15, -0.1) is 0 Å². The van der Waals surface area contributed by atoms with Crippen molar-refractivity contribution in [2.45, 2.75) is 32.9 Å². The fraction of sp³-hybridized carbons (Fsp3) is 0.571. The molecule has 1 aromatic rings. The molecule has 2 unspecified atom stereocenters. The first-order valence-electron chi connectivity index (χ1n) is 6.24. The molecular weight excluding hydrogens is 250 g/mol. The average molecular weight is 272 g/mol. The Morgan fingerprint density at radius 3 is 2.61 bits per heavy atom. The summed E-state index contributed by atoms with van der Waals surface area (Å²) in [7, 11) is 1.70. The second-order valence-corrected chi connectivity index (χ2v) is 4.95. The van der Waals surface area contributed by atoms with E-state index in [0.717, 1.165) is 12.1 Å². The smallest absolute Gasteiger partial charge is 0.120 e. The van der Waals surface area contributed by atoms with Crippen molar-refractivity contribution in [1.82, 2.24) is 4.90 Å². The van der Waals surface area contributed by atoms with E-state index < -0.39 is 0 Å².